The van der Waals surface area contributed by atoms with Crippen molar-refractivity contribution in [2.75, 3.05) is 14.1 Å². The van der Waals surface area contributed by atoms with Crippen molar-refractivity contribution >= 4 is 26.9 Å². The summed E-state index contributed by atoms with van der Waals surface area (Å²) in [5.41, 5.74) is 1.09. The predicted octanol–water partition coefficient (Wildman–Crippen LogP) is 1.97. The molecular formula is C19H18N2O5S. The SMILES string of the molecule is CNC(=O)c1ccc(CN(C)S(=O)(=O)c2ccc3oc(=O)ccc3c2)cc1. The van der Waals surface area contributed by atoms with Crippen LogP contribution in [0.1, 0.15) is 15.9 Å². The second-order valence-electron chi connectivity index (χ2n) is 5.99. The van der Waals surface area contributed by atoms with E-state index in [1.54, 1.807) is 31.3 Å². The Morgan fingerprint density at radius 3 is 2.44 bits per heavy atom. The van der Waals surface area contributed by atoms with E-state index < -0.39 is 15.6 Å². The van der Waals surface area contributed by atoms with E-state index in [9.17, 15) is 18.0 Å². The Morgan fingerprint density at radius 1 is 1.07 bits per heavy atom. The van der Waals surface area contributed by atoms with E-state index in [1.165, 1.54) is 41.7 Å². The molecule has 0 saturated carbocycles. The van der Waals surface area contributed by atoms with Gasteiger partial charge in [-0.2, -0.15) is 4.31 Å². The van der Waals surface area contributed by atoms with Crippen molar-refractivity contribution in [3.05, 3.63) is 76.1 Å². The molecule has 1 N–H and O–H groups in total. The summed E-state index contributed by atoms with van der Waals surface area (Å²) in [5.74, 6) is -0.203. The minimum Gasteiger partial charge on any atom is -0.423 e. The first kappa shape index (κ1) is 18.8. The normalized spacial score (nSPS) is 11.7. The molecule has 7 nitrogen and oxygen atoms in total. The molecule has 3 rings (SSSR count). The van der Waals surface area contributed by atoms with Gasteiger partial charge in [-0.3, -0.25) is 4.79 Å². The number of sulfonamides is 1. The Balaban J connectivity index is 1.84. The topological polar surface area (TPSA) is 96.7 Å². The van der Waals surface area contributed by atoms with Crippen LogP contribution in [0.3, 0.4) is 0 Å². The van der Waals surface area contributed by atoms with Crippen molar-refractivity contribution in [2.24, 2.45) is 0 Å². The van der Waals surface area contributed by atoms with Crippen molar-refractivity contribution < 1.29 is 17.6 Å². The summed E-state index contributed by atoms with van der Waals surface area (Å²) >= 11 is 0. The number of carbonyl (C=O) groups excluding carboxylic acids is 1. The van der Waals surface area contributed by atoms with Gasteiger partial charge in [0, 0.05) is 37.7 Å². The monoisotopic (exact) mass is 386 g/mol. The molecule has 1 heterocycles. The van der Waals surface area contributed by atoms with E-state index in [-0.39, 0.29) is 17.3 Å². The van der Waals surface area contributed by atoms with Crippen molar-refractivity contribution in [2.45, 2.75) is 11.4 Å². The van der Waals surface area contributed by atoms with Crippen LogP contribution in [0.5, 0.6) is 0 Å². The highest BCUT2D eigenvalue weighted by atomic mass is 32.2. The van der Waals surface area contributed by atoms with Crippen LogP contribution in [0, 0.1) is 0 Å². The Labute approximate surface area is 156 Å². The number of rotatable bonds is 5. The summed E-state index contributed by atoms with van der Waals surface area (Å²) in [6, 6.07) is 13.8. The third-order valence-electron chi connectivity index (χ3n) is 4.15. The number of amides is 1. The van der Waals surface area contributed by atoms with E-state index in [0.29, 0.717) is 16.5 Å². The molecular weight excluding hydrogens is 368 g/mol. The highest BCUT2D eigenvalue weighted by Crippen LogP contribution is 2.21. The van der Waals surface area contributed by atoms with Crippen LogP contribution in [0.4, 0.5) is 0 Å². The van der Waals surface area contributed by atoms with Gasteiger partial charge in [0.25, 0.3) is 5.91 Å². The molecule has 1 amide bonds. The maximum absolute atomic E-state index is 12.8. The molecule has 1 aromatic heterocycles. The average molecular weight is 386 g/mol. The highest BCUT2D eigenvalue weighted by Gasteiger charge is 2.21. The highest BCUT2D eigenvalue weighted by molar-refractivity contribution is 7.89. The number of benzene rings is 2. The predicted molar refractivity (Wildman–Crippen MR) is 101 cm³/mol. The summed E-state index contributed by atoms with van der Waals surface area (Å²) < 4.78 is 31.9. The van der Waals surface area contributed by atoms with E-state index in [0.717, 1.165) is 5.56 Å². The maximum Gasteiger partial charge on any atom is 0.336 e. The van der Waals surface area contributed by atoms with Crippen molar-refractivity contribution in [3.8, 4) is 0 Å². The van der Waals surface area contributed by atoms with Crippen LogP contribution in [-0.2, 0) is 16.6 Å². The minimum absolute atomic E-state index is 0.105. The molecule has 0 atom stereocenters. The molecule has 0 fully saturated rings. The van der Waals surface area contributed by atoms with Gasteiger partial charge < -0.3 is 9.73 Å². The Kier molecular flexibility index (Phi) is 5.11. The first-order valence-corrected chi connectivity index (χ1v) is 9.56. The standard InChI is InChI=1S/C19H18N2O5S/c1-20-19(23)14-5-3-13(4-6-14)12-21(2)27(24,25)16-8-9-17-15(11-16)7-10-18(22)26-17/h3-11H,12H2,1-2H3,(H,20,23). The van der Waals surface area contributed by atoms with Gasteiger partial charge in [0.1, 0.15) is 5.58 Å². The van der Waals surface area contributed by atoms with Gasteiger partial charge >= 0.3 is 5.63 Å². The Hall–Kier alpha value is -2.97. The zero-order valence-corrected chi connectivity index (χ0v) is 15.6. The van der Waals surface area contributed by atoms with Crippen molar-refractivity contribution in [1.82, 2.24) is 9.62 Å². The summed E-state index contributed by atoms with van der Waals surface area (Å²) in [6.45, 7) is 0.151. The Bertz CT molecular complexity index is 1150. The van der Waals surface area contributed by atoms with E-state index >= 15 is 0 Å². The van der Waals surface area contributed by atoms with Crippen molar-refractivity contribution in [3.63, 3.8) is 0 Å². The number of nitrogens with one attached hydrogen (secondary N) is 1. The lowest BCUT2D eigenvalue weighted by Gasteiger charge is -2.17. The first-order valence-electron chi connectivity index (χ1n) is 8.12. The quantitative estimate of drug-likeness (QED) is 0.676. The second-order valence-corrected chi connectivity index (χ2v) is 8.04. The number of hydrogen-bond donors (Lipinski definition) is 1. The lowest BCUT2D eigenvalue weighted by Crippen LogP contribution is -2.26. The maximum atomic E-state index is 12.8. The van der Waals surface area contributed by atoms with Gasteiger partial charge in [-0.1, -0.05) is 12.1 Å². The molecule has 3 aromatic rings. The summed E-state index contributed by atoms with van der Waals surface area (Å²) in [7, 11) is -0.705. The third-order valence-corrected chi connectivity index (χ3v) is 5.95. The van der Waals surface area contributed by atoms with Crippen LogP contribution in [0.2, 0.25) is 0 Å². The van der Waals surface area contributed by atoms with Crippen molar-refractivity contribution in [1.29, 1.82) is 0 Å². The van der Waals surface area contributed by atoms with E-state index in [4.69, 9.17) is 4.42 Å². The minimum atomic E-state index is -3.74. The third kappa shape index (κ3) is 3.91. The number of hydrogen-bond acceptors (Lipinski definition) is 5. The molecule has 0 aliphatic rings. The fourth-order valence-electron chi connectivity index (χ4n) is 2.64. The molecule has 0 aliphatic carbocycles. The molecule has 27 heavy (non-hydrogen) atoms. The largest absolute Gasteiger partial charge is 0.423 e. The average Bonchev–Trinajstić information content (AvgIpc) is 2.67. The lowest BCUT2D eigenvalue weighted by atomic mass is 10.1. The number of nitrogens with zero attached hydrogens (tertiary/aromatic N) is 1. The smallest absolute Gasteiger partial charge is 0.336 e. The van der Waals surface area contributed by atoms with Gasteiger partial charge in [0.05, 0.1) is 4.90 Å². The Morgan fingerprint density at radius 2 is 1.78 bits per heavy atom. The van der Waals surface area contributed by atoms with Crippen LogP contribution in [0.25, 0.3) is 11.0 Å². The van der Waals surface area contributed by atoms with Gasteiger partial charge in [-0.25, -0.2) is 13.2 Å². The molecule has 0 saturated heterocycles. The number of carbonyl (C=O) groups is 1. The molecule has 140 valence electrons. The van der Waals surface area contributed by atoms with Gasteiger partial charge in [0.15, 0.2) is 0 Å². The van der Waals surface area contributed by atoms with Gasteiger partial charge in [-0.15, -0.1) is 0 Å². The fourth-order valence-corrected chi connectivity index (χ4v) is 3.83. The first-order chi connectivity index (χ1) is 12.8. The molecule has 0 spiro atoms. The van der Waals surface area contributed by atoms with Crippen LogP contribution < -0.4 is 10.9 Å². The van der Waals surface area contributed by atoms with Crippen LogP contribution in [-0.4, -0.2) is 32.7 Å². The van der Waals surface area contributed by atoms with Gasteiger partial charge in [0.2, 0.25) is 10.0 Å². The zero-order valence-electron chi connectivity index (χ0n) is 14.8. The molecule has 0 radical (unpaired) electrons. The molecule has 0 aliphatic heterocycles. The lowest BCUT2D eigenvalue weighted by molar-refractivity contribution is 0.0963. The molecule has 2 aromatic carbocycles. The summed E-state index contributed by atoms with van der Waals surface area (Å²) in [6.07, 6.45) is 0. The molecule has 0 bridgehead atoms. The van der Waals surface area contributed by atoms with Gasteiger partial charge in [-0.05, 0) is 42.0 Å². The zero-order chi connectivity index (χ0) is 19.6. The van der Waals surface area contributed by atoms with E-state index in [2.05, 4.69) is 5.32 Å². The van der Waals surface area contributed by atoms with E-state index in [1.807, 2.05) is 0 Å². The second kappa shape index (κ2) is 7.34. The summed E-state index contributed by atoms with van der Waals surface area (Å²) in [4.78, 5) is 22.9. The number of fused-ring (bicyclic) bond motifs is 1. The molecule has 0 unspecified atom stereocenters. The fraction of sp³-hybridized carbons (Fsp3) is 0.158. The molecule has 8 heteroatoms. The van der Waals surface area contributed by atoms with Crippen LogP contribution in [0.15, 0.2) is 68.7 Å². The summed E-state index contributed by atoms with van der Waals surface area (Å²) in [5, 5.41) is 3.06. The van der Waals surface area contributed by atoms with Crippen LogP contribution >= 0.6 is 0 Å².